The Morgan fingerprint density at radius 3 is 2.57 bits per heavy atom. The number of benzene rings is 1. The van der Waals surface area contributed by atoms with Gasteiger partial charge in [-0.05, 0) is 38.8 Å². The van der Waals surface area contributed by atoms with Gasteiger partial charge >= 0.3 is 5.97 Å². The second-order valence-electron chi connectivity index (χ2n) is 6.66. The molecule has 0 saturated carbocycles. The van der Waals surface area contributed by atoms with Crippen LogP contribution in [0.4, 0.5) is 0 Å². The number of carboxylic acid groups (broad SMARTS) is 1. The molecule has 1 aliphatic rings. The Hall–Kier alpha value is -1.39. The summed E-state index contributed by atoms with van der Waals surface area (Å²) < 4.78 is 5.91. The van der Waals surface area contributed by atoms with Crippen molar-refractivity contribution in [2.75, 3.05) is 13.1 Å². The summed E-state index contributed by atoms with van der Waals surface area (Å²) in [5.41, 5.74) is 1.94. The Bertz CT molecular complexity index is 495. The molecule has 1 N–H and O–H groups in total. The number of carbonyl (C=O) groups is 1. The van der Waals surface area contributed by atoms with Crippen molar-refractivity contribution in [3.63, 3.8) is 0 Å². The molecule has 4 nitrogen and oxygen atoms in total. The summed E-state index contributed by atoms with van der Waals surface area (Å²) in [5.74, 6) is -1.24. The smallest absolute Gasteiger partial charge is 0.310 e. The molecule has 116 valence electrons. The Labute approximate surface area is 126 Å². The summed E-state index contributed by atoms with van der Waals surface area (Å²) in [7, 11) is 0. The van der Waals surface area contributed by atoms with Gasteiger partial charge in [0.2, 0.25) is 0 Å². The van der Waals surface area contributed by atoms with Gasteiger partial charge in [-0.25, -0.2) is 0 Å². The molecule has 0 spiro atoms. The van der Waals surface area contributed by atoms with Crippen molar-refractivity contribution < 1.29 is 14.6 Å². The standard InChI is InChI=1S/C17H25NO3/c1-12-9-18(11-17(3,4)21-12)10-14-5-7-15(8-6-14)13(2)16(19)20/h5-8,12-13H,9-11H2,1-4H3,(H,19,20). The number of morpholine rings is 1. The molecule has 0 bridgehead atoms. The van der Waals surface area contributed by atoms with Crippen LogP contribution in [0.2, 0.25) is 0 Å². The van der Waals surface area contributed by atoms with Crippen LogP contribution in [0.15, 0.2) is 24.3 Å². The average molecular weight is 291 g/mol. The van der Waals surface area contributed by atoms with Crippen molar-refractivity contribution in [1.82, 2.24) is 4.90 Å². The minimum Gasteiger partial charge on any atom is -0.481 e. The SMILES string of the molecule is CC1CN(Cc2ccc(C(C)C(=O)O)cc2)CC(C)(C)O1. The highest BCUT2D eigenvalue weighted by Gasteiger charge is 2.31. The molecule has 21 heavy (non-hydrogen) atoms. The molecular formula is C17H25NO3. The van der Waals surface area contributed by atoms with Crippen molar-refractivity contribution in [3.8, 4) is 0 Å². The molecule has 1 heterocycles. The van der Waals surface area contributed by atoms with E-state index >= 15 is 0 Å². The van der Waals surface area contributed by atoms with E-state index in [1.54, 1.807) is 6.92 Å². The van der Waals surface area contributed by atoms with E-state index in [0.717, 1.165) is 25.2 Å². The van der Waals surface area contributed by atoms with Crippen molar-refractivity contribution in [3.05, 3.63) is 35.4 Å². The fraction of sp³-hybridized carbons (Fsp3) is 0.588. The molecule has 1 saturated heterocycles. The minimum atomic E-state index is -0.786. The molecule has 0 aromatic heterocycles. The van der Waals surface area contributed by atoms with Crippen LogP contribution in [0.3, 0.4) is 0 Å². The van der Waals surface area contributed by atoms with Gasteiger partial charge < -0.3 is 9.84 Å². The zero-order valence-electron chi connectivity index (χ0n) is 13.3. The van der Waals surface area contributed by atoms with Gasteiger partial charge in [0.25, 0.3) is 0 Å². The summed E-state index contributed by atoms with van der Waals surface area (Å²) in [6.07, 6.45) is 0.236. The zero-order chi connectivity index (χ0) is 15.6. The largest absolute Gasteiger partial charge is 0.481 e. The number of carboxylic acids is 1. The van der Waals surface area contributed by atoms with Crippen LogP contribution in [0.5, 0.6) is 0 Å². The summed E-state index contributed by atoms with van der Waals surface area (Å²) in [5, 5.41) is 9.03. The molecule has 1 fully saturated rings. The molecule has 2 rings (SSSR count). The van der Waals surface area contributed by atoms with E-state index in [1.165, 1.54) is 5.56 Å². The Morgan fingerprint density at radius 2 is 2.05 bits per heavy atom. The normalized spacial score (nSPS) is 23.7. The highest BCUT2D eigenvalue weighted by Crippen LogP contribution is 2.23. The lowest BCUT2D eigenvalue weighted by Gasteiger charge is -2.41. The van der Waals surface area contributed by atoms with Gasteiger partial charge in [0.1, 0.15) is 0 Å². The molecule has 2 atom stereocenters. The van der Waals surface area contributed by atoms with Crippen LogP contribution in [0.1, 0.15) is 44.7 Å². The van der Waals surface area contributed by atoms with Crippen LogP contribution in [-0.2, 0) is 16.1 Å². The quantitative estimate of drug-likeness (QED) is 0.926. The highest BCUT2D eigenvalue weighted by molar-refractivity contribution is 5.75. The molecular weight excluding hydrogens is 266 g/mol. The second-order valence-corrected chi connectivity index (χ2v) is 6.66. The fourth-order valence-electron chi connectivity index (χ4n) is 3.02. The van der Waals surface area contributed by atoms with Crippen LogP contribution < -0.4 is 0 Å². The van der Waals surface area contributed by atoms with E-state index in [9.17, 15) is 4.79 Å². The van der Waals surface area contributed by atoms with E-state index in [2.05, 4.69) is 25.7 Å². The minimum absolute atomic E-state index is 0.116. The topological polar surface area (TPSA) is 49.8 Å². The van der Waals surface area contributed by atoms with Crippen molar-refractivity contribution in [2.24, 2.45) is 0 Å². The monoisotopic (exact) mass is 291 g/mol. The maximum absolute atomic E-state index is 11.0. The van der Waals surface area contributed by atoms with E-state index < -0.39 is 11.9 Å². The predicted molar refractivity (Wildman–Crippen MR) is 82.4 cm³/mol. The van der Waals surface area contributed by atoms with Gasteiger partial charge in [-0.15, -0.1) is 0 Å². The highest BCUT2D eigenvalue weighted by atomic mass is 16.5. The summed E-state index contributed by atoms with van der Waals surface area (Å²) in [6.45, 7) is 10.8. The third-order valence-corrected chi connectivity index (χ3v) is 3.90. The van der Waals surface area contributed by atoms with Crippen molar-refractivity contribution in [2.45, 2.75) is 51.9 Å². The van der Waals surface area contributed by atoms with E-state index in [-0.39, 0.29) is 11.7 Å². The van der Waals surface area contributed by atoms with Crippen LogP contribution in [0, 0.1) is 0 Å². The second kappa shape index (κ2) is 6.16. The van der Waals surface area contributed by atoms with E-state index in [1.807, 2.05) is 24.3 Å². The molecule has 0 amide bonds. The first-order chi connectivity index (χ1) is 9.77. The molecule has 1 aromatic carbocycles. The lowest BCUT2D eigenvalue weighted by molar-refractivity contribution is -0.138. The zero-order valence-corrected chi connectivity index (χ0v) is 13.3. The third kappa shape index (κ3) is 4.29. The molecule has 1 aromatic rings. The molecule has 0 aliphatic carbocycles. The van der Waals surface area contributed by atoms with Gasteiger partial charge in [0.05, 0.1) is 17.6 Å². The molecule has 0 radical (unpaired) electrons. The Morgan fingerprint density at radius 1 is 1.43 bits per heavy atom. The van der Waals surface area contributed by atoms with Gasteiger partial charge in [-0.1, -0.05) is 24.3 Å². The van der Waals surface area contributed by atoms with Crippen LogP contribution in [0.25, 0.3) is 0 Å². The van der Waals surface area contributed by atoms with Crippen LogP contribution in [-0.4, -0.2) is 40.8 Å². The van der Waals surface area contributed by atoms with Crippen molar-refractivity contribution >= 4 is 5.97 Å². The lowest BCUT2D eigenvalue weighted by atomic mass is 9.99. The first kappa shape index (κ1) is 16.0. The van der Waals surface area contributed by atoms with E-state index in [0.29, 0.717) is 0 Å². The Balaban J connectivity index is 2.02. The maximum Gasteiger partial charge on any atom is 0.310 e. The summed E-state index contributed by atoms with van der Waals surface area (Å²) in [6, 6.07) is 7.90. The van der Waals surface area contributed by atoms with Gasteiger partial charge in [-0.3, -0.25) is 9.69 Å². The number of hydrogen-bond acceptors (Lipinski definition) is 3. The first-order valence-electron chi connectivity index (χ1n) is 7.49. The van der Waals surface area contributed by atoms with Crippen LogP contribution >= 0.6 is 0 Å². The Kier molecular flexibility index (Phi) is 4.69. The van der Waals surface area contributed by atoms with E-state index in [4.69, 9.17) is 9.84 Å². The molecule has 4 heteroatoms. The summed E-state index contributed by atoms with van der Waals surface area (Å²) >= 11 is 0. The van der Waals surface area contributed by atoms with Gasteiger partial charge in [-0.2, -0.15) is 0 Å². The predicted octanol–water partition coefficient (Wildman–Crippen LogP) is 2.87. The van der Waals surface area contributed by atoms with Crippen molar-refractivity contribution in [1.29, 1.82) is 0 Å². The molecule has 1 aliphatic heterocycles. The number of aliphatic carboxylic acids is 1. The average Bonchev–Trinajstić information content (AvgIpc) is 2.36. The molecule has 2 unspecified atom stereocenters. The van der Waals surface area contributed by atoms with Gasteiger partial charge in [0.15, 0.2) is 0 Å². The summed E-state index contributed by atoms with van der Waals surface area (Å²) in [4.78, 5) is 13.4. The third-order valence-electron chi connectivity index (χ3n) is 3.90. The maximum atomic E-state index is 11.0. The first-order valence-corrected chi connectivity index (χ1v) is 7.49. The fourth-order valence-corrected chi connectivity index (χ4v) is 3.02. The number of ether oxygens (including phenoxy) is 1. The number of nitrogens with zero attached hydrogens (tertiary/aromatic N) is 1. The van der Waals surface area contributed by atoms with Gasteiger partial charge in [0, 0.05) is 19.6 Å². The number of rotatable bonds is 4. The lowest BCUT2D eigenvalue weighted by Crippen LogP contribution is -2.51. The number of hydrogen-bond donors (Lipinski definition) is 1.